The second-order valence-electron chi connectivity index (χ2n) is 5.91. The first kappa shape index (κ1) is 16.6. The van der Waals surface area contributed by atoms with Crippen LogP contribution in [0.15, 0.2) is 18.2 Å². The lowest BCUT2D eigenvalue weighted by Gasteiger charge is -2.37. The summed E-state index contributed by atoms with van der Waals surface area (Å²) in [7, 11) is 1.64. The molecule has 118 valence electrons. The van der Waals surface area contributed by atoms with Crippen LogP contribution in [0.5, 0.6) is 5.75 Å². The molecule has 1 aromatic carbocycles. The van der Waals surface area contributed by atoms with Gasteiger partial charge in [-0.3, -0.25) is 4.90 Å². The van der Waals surface area contributed by atoms with E-state index in [1.807, 2.05) is 12.1 Å². The van der Waals surface area contributed by atoms with Gasteiger partial charge in [-0.15, -0.1) is 0 Å². The molecule has 1 aliphatic rings. The Labute approximate surface area is 133 Å². The fourth-order valence-corrected chi connectivity index (χ4v) is 3.61. The van der Waals surface area contributed by atoms with E-state index < -0.39 is 0 Å². The molecule has 1 aliphatic heterocycles. The fourth-order valence-electron chi connectivity index (χ4n) is 3.35. The summed E-state index contributed by atoms with van der Waals surface area (Å²) in [5, 5.41) is 0.661. The van der Waals surface area contributed by atoms with Crippen LogP contribution < -0.4 is 10.5 Å². The van der Waals surface area contributed by atoms with Crippen LogP contribution in [0.4, 0.5) is 0 Å². The minimum absolute atomic E-state index is 0.260. The van der Waals surface area contributed by atoms with E-state index in [9.17, 15) is 0 Å². The second-order valence-corrected chi connectivity index (χ2v) is 6.32. The normalized spacial score (nSPS) is 18.7. The molecule has 1 atom stereocenters. The summed E-state index contributed by atoms with van der Waals surface area (Å²) in [5.41, 5.74) is 7.23. The summed E-state index contributed by atoms with van der Waals surface area (Å²) in [5.74, 6) is 1.61. The maximum Gasteiger partial charge on any atom is 0.137 e. The van der Waals surface area contributed by atoms with Gasteiger partial charge in [0.05, 0.1) is 12.1 Å². The first-order chi connectivity index (χ1) is 10.2. The highest BCUT2D eigenvalue weighted by atomic mass is 35.5. The molecule has 0 saturated carbocycles. The summed E-state index contributed by atoms with van der Waals surface area (Å²) in [6, 6.07) is 6.27. The van der Waals surface area contributed by atoms with Crippen molar-refractivity contribution in [1.82, 2.24) is 4.90 Å². The lowest BCUT2D eigenvalue weighted by molar-refractivity contribution is 0.131. The Morgan fingerprint density at radius 2 is 2.10 bits per heavy atom. The Bertz CT molecular complexity index is 444. The van der Waals surface area contributed by atoms with E-state index in [2.05, 4.69) is 17.9 Å². The number of piperidine rings is 1. The molecule has 1 heterocycles. The van der Waals surface area contributed by atoms with Gasteiger partial charge in [0.25, 0.3) is 0 Å². The Balaban J connectivity index is 2.05. The number of ether oxygens (including phenoxy) is 1. The molecule has 21 heavy (non-hydrogen) atoms. The average Bonchev–Trinajstić information content (AvgIpc) is 2.50. The quantitative estimate of drug-likeness (QED) is 0.867. The first-order valence-electron chi connectivity index (χ1n) is 7.97. The number of benzene rings is 1. The van der Waals surface area contributed by atoms with Crippen molar-refractivity contribution in [2.24, 2.45) is 11.7 Å². The van der Waals surface area contributed by atoms with Crippen molar-refractivity contribution in [2.45, 2.75) is 38.6 Å². The van der Waals surface area contributed by atoms with Crippen molar-refractivity contribution in [2.75, 3.05) is 26.7 Å². The third kappa shape index (κ3) is 4.12. The number of rotatable bonds is 6. The number of likely N-dealkylation sites (tertiary alicyclic amines) is 1. The molecule has 0 aliphatic carbocycles. The number of hydrogen-bond acceptors (Lipinski definition) is 3. The zero-order chi connectivity index (χ0) is 15.2. The van der Waals surface area contributed by atoms with Gasteiger partial charge in [0, 0.05) is 12.6 Å². The van der Waals surface area contributed by atoms with Crippen LogP contribution >= 0.6 is 11.6 Å². The molecule has 4 heteroatoms. The average molecular weight is 311 g/mol. The van der Waals surface area contributed by atoms with Crippen LogP contribution in [0, 0.1) is 5.92 Å². The smallest absolute Gasteiger partial charge is 0.137 e. The van der Waals surface area contributed by atoms with Crippen molar-refractivity contribution in [1.29, 1.82) is 0 Å². The Hall–Kier alpha value is -0.770. The summed E-state index contributed by atoms with van der Waals surface area (Å²) < 4.78 is 5.22. The number of nitrogens with zero attached hydrogens (tertiary/aromatic N) is 1. The van der Waals surface area contributed by atoms with Gasteiger partial charge in [-0.1, -0.05) is 37.4 Å². The van der Waals surface area contributed by atoms with Gasteiger partial charge in [0.1, 0.15) is 5.75 Å². The topological polar surface area (TPSA) is 38.5 Å². The number of hydrogen-bond donors (Lipinski definition) is 1. The zero-order valence-corrected chi connectivity index (χ0v) is 13.9. The molecule has 3 nitrogen and oxygen atoms in total. The number of nitrogens with two attached hydrogens (primary N) is 1. The van der Waals surface area contributed by atoms with Gasteiger partial charge < -0.3 is 10.5 Å². The molecule has 2 N–H and O–H groups in total. The maximum absolute atomic E-state index is 6.25. The molecule has 1 aromatic rings. The Morgan fingerprint density at radius 3 is 2.62 bits per heavy atom. The molecule has 0 spiro atoms. The minimum atomic E-state index is 0.260. The van der Waals surface area contributed by atoms with Crippen LogP contribution in [0.25, 0.3) is 0 Å². The third-order valence-corrected chi connectivity index (χ3v) is 4.87. The highest BCUT2D eigenvalue weighted by Crippen LogP contribution is 2.32. The monoisotopic (exact) mass is 310 g/mol. The summed E-state index contributed by atoms with van der Waals surface area (Å²) in [4.78, 5) is 2.50. The maximum atomic E-state index is 6.25. The zero-order valence-electron chi connectivity index (χ0n) is 13.1. The van der Waals surface area contributed by atoms with Gasteiger partial charge in [-0.05, 0) is 49.5 Å². The largest absolute Gasteiger partial charge is 0.495 e. The highest BCUT2D eigenvalue weighted by Gasteiger charge is 2.25. The van der Waals surface area contributed by atoms with E-state index in [4.69, 9.17) is 22.1 Å². The molecule has 0 radical (unpaired) electrons. The van der Waals surface area contributed by atoms with E-state index in [-0.39, 0.29) is 6.04 Å². The van der Waals surface area contributed by atoms with Crippen molar-refractivity contribution >= 4 is 11.6 Å². The van der Waals surface area contributed by atoms with Gasteiger partial charge >= 0.3 is 0 Å². The summed E-state index contributed by atoms with van der Waals surface area (Å²) >= 11 is 6.25. The molecule has 0 aromatic heterocycles. The van der Waals surface area contributed by atoms with E-state index in [0.29, 0.717) is 11.6 Å². The Morgan fingerprint density at radius 1 is 1.38 bits per heavy atom. The van der Waals surface area contributed by atoms with Gasteiger partial charge in [0.2, 0.25) is 0 Å². The van der Waals surface area contributed by atoms with Crippen molar-refractivity contribution in [3.63, 3.8) is 0 Å². The molecular weight excluding hydrogens is 284 g/mol. The third-order valence-electron chi connectivity index (χ3n) is 4.57. The second kappa shape index (κ2) is 8.02. The minimum Gasteiger partial charge on any atom is -0.495 e. The Kier molecular flexibility index (Phi) is 6.34. The molecule has 2 rings (SSSR count). The van der Waals surface area contributed by atoms with Crippen molar-refractivity contribution < 1.29 is 4.74 Å². The predicted octanol–water partition coefficient (Wildman–Crippen LogP) is 3.86. The van der Waals surface area contributed by atoms with Gasteiger partial charge in [0.15, 0.2) is 0 Å². The lowest BCUT2D eigenvalue weighted by atomic mass is 9.91. The highest BCUT2D eigenvalue weighted by molar-refractivity contribution is 6.32. The van der Waals surface area contributed by atoms with Crippen LogP contribution in [0.3, 0.4) is 0 Å². The first-order valence-corrected chi connectivity index (χ1v) is 8.35. The molecular formula is C17H27ClN2O. The molecule has 1 fully saturated rings. The van der Waals surface area contributed by atoms with Crippen LogP contribution in [-0.2, 0) is 0 Å². The molecule has 0 bridgehead atoms. The molecule has 1 unspecified atom stereocenters. The number of halogens is 1. The molecule has 1 saturated heterocycles. The van der Waals surface area contributed by atoms with Crippen LogP contribution in [0.1, 0.15) is 44.2 Å². The van der Waals surface area contributed by atoms with Crippen LogP contribution in [-0.4, -0.2) is 31.6 Å². The van der Waals surface area contributed by atoms with Gasteiger partial charge in [-0.25, -0.2) is 0 Å². The predicted molar refractivity (Wildman–Crippen MR) is 89.0 cm³/mol. The fraction of sp³-hybridized carbons (Fsp3) is 0.647. The SMILES string of the molecule is CCCC1CCN(C(CN)c2ccc(OC)c(Cl)c2)CC1. The van der Waals surface area contributed by atoms with E-state index in [1.165, 1.54) is 31.2 Å². The van der Waals surface area contributed by atoms with Crippen LogP contribution in [0.2, 0.25) is 5.02 Å². The van der Waals surface area contributed by atoms with E-state index in [0.717, 1.165) is 24.8 Å². The number of methoxy groups -OCH3 is 1. The lowest BCUT2D eigenvalue weighted by Crippen LogP contribution is -2.39. The summed E-state index contributed by atoms with van der Waals surface area (Å²) in [6.07, 6.45) is 5.22. The van der Waals surface area contributed by atoms with Gasteiger partial charge in [-0.2, -0.15) is 0 Å². The summed E-state index contributed by atoms with van der Waals surface area (Å²) in [6.45, 7) is 5.17. The van der Waals surface area contributed by atoms with E-state index in [1.54, 1.807) is 7.11 Å². The van der Waals surface area contributed by atoms with Crippen molar-refractivity contribution in [3.8, 4) is 5.75 Å². The van der Waals surface area contributed by atoms with E-state index >= 15 is 0 Å². The van der Waals surface area contributed by atoms with Crippen molar-refractivity contribution in [3.05, 3.63) is 28.8 Å². The molecule has 0 amide bonds. The standard InChI is InChI=1S/C17H27ClN2O/c1-3-4-13-7-9-20(10-8-13)16(12-19)14-5-6-17(21-2)15(18)11-14/h5-6,11,13,16H,3-4,7-10,12,19H2,1-2H3.